The lowest BCUT2D eigenvalue weighted by Crippen LogP contribution is -2.43. The number of piperidine rings is 1. The molecule has 2 aliphatic rings. The van der Waals surface area contributed by atoms with E-state index in [0.717, 1.165) is 24.3 Å². The predicted molar refractivity (Wildman–Crippen MR) is 122 cm³/mol. The molecule has 6 nitrogen and oxygen atoms in total. The first-order valence-electron chi connectivity index (χ1n) is 10.9. The molecule has 1 aromatic carbocycles. The van der Waals surface area contributed by atoms with Crippen molar-refractivity contribution in [3.63, 3.8) is 0 Å². The Bertz CT molecular complexity index is 930. The standard InChI is InChI=1S/C23H28ClN3O3S/c1-30-19-7-6-16(24)14-17(19)23(29)27-12-9-15(10-13-27)22(28)25-11-8-21-26-18-4-2-3-5-20(18)31-21/h6-7,14-15H,2-5,8-13H2,1H3,(H,25,28). The van der Waals surface area contributed by atoms with Crippen LogP contribution >= 0.6 is 22.9 Å². The monoisotopic (exact) mass is 461 g/mol. The quantitative estimate of drug-likeness (QED) is 0.708. The number of likely N-dealkylation sites (tertiary alicyclic amines) is 1. The Kier molecular flexibility index (Phi) is 7.13. The van der Waals surface area contributed by atoms with Crippen LogP contribution in [0.1, 0.15) is 51.6 Å². The van der Waals surface area contributed by atoms with Crippen LogP contribution in [0.25, 0.3) is 0 Å². The van der Waals surface area contributed by atoms with Gasteiger partial charge in [-0.05, 0) is 56.7 Å². The van der Waals surface area contributed by atoms with Crippen LogP contribution in [0.3, 0.4) is 0 Å². The van der Waals surface area contributed by atoms with Gasteiger partial charge in [-0.2, -0.15) is 0 Å². The van der Waals surface area contributed by atoms with E-state index in [2.05, 4.69) is 5.32 Å². The van der Waals surface area contributed by atoms with Crippen LogP contribution in [0.5, 0.6) is 5.75 Å². The lowest BCUT2D eigenvalue weighted by Gasteiger charge is -2.31. The van der Waals surface area contributed by atoms with Crippen molar-refractivity contribution in [3.05, 3.63) is 44.4 Å². The van der Waals surface area contributed by atoms with E-state index in [1.54, 1.807) is 34.4 Å². The van der Waals surface area contributed by atoms with Gasteiger partial charge in [-0.15, -0.1) is 11.3 Å². The molecule has 31 heavy (non-hydrogen) atoms. The van der Waals surface area contributed by atoms with Gasteiger partial charge in [-0.25, -0.2) is 4.98 Å². The Morgan fingerprint density at radius 2 is 2.03 bits per heavy atom. The second-order valence-electron chi connectivity index (χ2n) is 8.14. The minimum absolute atomic E-state index is 0.0604. The number of methoxy groups -OCH3 is 1. The highest BCUT2D eigenvalue weighted by atomic mass is 35.5. The Labute approximate surface area is 191 Å². The van der Waals surface area contributed by atoms with E-state index in [-0.39, 0.29) is 17.7 Å². The van der Waals surface area contributed by atoms with Gasteiger partial charge in [0, 0.05) is 41.9 Å². The van der Waals surface area contributed by atoms with Gasteiger partial charge in [-0.3, -0.25) is 9.59 Å². The summed E-state index contributed by atoms with van der Waals surface area (Å²) >= 11 is 7.86. The van der Waals surface area contributed by atoms with E-state index in [9.17, 15) is 9.59 Å². The first-order valence-corrected chi connectivity index (χ1v) is 12.1. The molecule has 166 valence electrons. The zero-order valence-electron chi connectivity index (χ0n) is 17.8. The number of benzene rings is 1. The molecule has 1 N–H and O–H groups in total. The summed E-state index contributed by atoms with van der Waals surface area (Å²) in [4.78, 5) is 33.5. The number of fused-ring (bicyclic) bond motifs is 1. The predicted octanol–water partition coefficient (Wildman–Crippen LogP) is 3.90. The second kappa shape index (κ2) is 10.0. The number of rotatable bonds is 6. The minimum atomic E-state index is -0.106. The number of halogens is 1. The maximum atomic E-state index is 12.9. The molecular weight excluding hydrogens is 434 g/mol. The van der Waals surface area contributed by atoms with E-state index in [0.29, 0.717) is 48.8 Å². The molecule has 8 heteroatoms. The Hall–Kier alpha value is -2.12. The number of carbonyl (C=O) groups is 2. The fraction of sp³-hybridized carbons (Fsp3) is 0.522. The topological polar surface area (TPSA) is 71.5 Å². The fourth-order valence-electron chi connectivity index (χ4n) is 4.31. The third-order valence-corrected chi connectivity index (χ3v) is 7.53. The van der Waals surface area contributed by atoms with Gasteiger partial charge in [0.05, 0.1) is 23.4 Å². The Morgan fingerprint density at radius 3 is 2.77 bits per heavy atom. The van der Waals surface area contributed by atoms with Crippen LogP contribution in [-0.4, -0.2) is 48.4 Å². The van der Waals surface area contributed by atoms with E-state index in [4.69, 9.17) is 21.3 Å². The maximum Gasteiger partial charge on any atom is 0.257 e. The van der Waals surface area contributed by atoms with Crippen LogP contribution in [-0.2, 0) is 24.1 Å². The lowest BCUT2D eigenvalue weighted by atomic mass is 9.95. The summed E-state index contributed by atoms with van der Waals surface area (Å²) in [5.74, 6) is 0.424. The van der Waals surface area contributed by atoms with Crippen LogP contribution in [0.15, 0.2) is 18.2 Å². The minimum Gasteiger partial charge on any atom is -0.496 e. The van der Waals surface area contributed by atoms with Gasteiger partial charge in [0.2, 0.25) is 5.91 Å². The van der Waals surface area contributed by atoms with Gasteiger partial charge in [0.15, 0.2) is 0 Å². The summed E-state index contributed by atoms with van der Waals surface area (Å²) in [7, 11) is 1.54. The van der Waals surface area contributed by atoms with Gasteiger partial charge in [-0.1, -0.05) is 11.6 Å². The van der Waals surface area contributed by atoms with Gasteiger partial charge >= 0.3 is 0 Å². The molecule has 1 aliphatic heterocycles. The largest absolute Gasteiger partial charge is 0.496 e. The van der Waals surface area contributed by atoms with Crippen molar-refractivity contribution in [1.82, 2.24) is 15.2 Å². The van der Waals surface area contributed by atoms with Crippen molar-refractivity contribution in [2.24, 2.45) is 5.92 Å². The number of thiazole rings is 1. The Morgan fingerprint density at radius 1 is 1.26 bits per heavy atom. The molecule has 0 spiro atoms. The smallest absolute Gasteiger partial charge is 0.257 e. The normalized spacial score (nSPS) is 16.6. The summed E-state index contributed by atoms with van der Waals surface area (Å²) in [6, 6.07) is 5.04. The number of carbonyl (C=O) groups excluding carboxylic acids is 2. The molecule has 2 amide bonds. The molecule has 1 aliphatic carbocycles. The van der Waals surface area contributed by atoms with Crippen molar-refractivity contribution >= 4 is 34.8 Å². The van der Waals surface area contributed by atoms with Crippen molar-refractivity contribution in [2.45, 2.75) is 44.9 Å². The molecule has 1 fully saturated rings. The van der Waals surface area contributed by atoms with Crippen LogP contribution in [0, 0.1) is 5.92 Å². The van der Waals surface area contributed by atoms with Crippen LogP contribution in [0.4, 0.5) is 0 Å². The van der Waals surface area contributed by atoms with E-state index < -0.39 is 0 Å². The molecule has 1 saturated heterocycles. The molecule has 2 heterocycles. The second-order valence-corrected chi connectivity index (χ2v) is 9.74. The first-order chi connectivity index (χ1) is 15.0. The van der Waals surface area contributed by atoms with Gasteiger partial charge in [0.25, 0.3) is 5.91 Å². The molecule has 2 aromatic rings. The first kappa shape index (κ1) is 22.1. The van der Waals surface area contributed by atoms with E-state index >= 15 is 0 Å². The number of amides is 2. The SMILES string of the molecule is COc1ccc(Cl)cc1C(=O)N1CCC(C(=O)NCCc2nc3c(s2)CCCC3)CC1. The highest BCUT2D eigenvalue weighted by Gasteiger charge is 2.29. The third kappa shape index (κ3) is 5.21. The van der Waals surface area contributed by atoms with Crippen LogP contribution in [0.2, 0.25) is 5.02 Å². The Balaban J connectivity index is 1.25. The zero-order valence-corrected chi connectivity index (χ0v) is 19.4. The molecule has 0 bridgehead atoms. The maximum absolute atomic E-state index is 12.9. The fourth-order valence-corrected chi connectivity index (χ4v) is 5.64. The summed E-state index contributed by atoms with van der Waals surface area (Å²) in [6.45, 7) is 1.71. The molecule has 4 rings (SSSR count). The van der Waals surface area contributed by atoms with Crippen molar-refractivity contribution in [3.8, 4) is 5.75 Å². The number of ether oxygens (including phenoxy) is 1. The summed E-state index contributed by atoms with van der Waals surface area (Å²) in [5.41, 5.74) is 1.73. The number of hydrogen-bond acceptors (Lipinski definition) is 5. The van der Waals surface area contributed by atoms with Gasteiger partial charge < -0.3 is 15.0 Å². The number of nitrogens with zero attached hydrogens (tertiary/aromatic N) is 2. The van der Waals surface area contributed by atoms with E-state index in [1.807, 2.05) is 0 Å². The average molecular weight is 462 g/mol. The zero-order chi connectivity index (χ0) is 21.8. The van der Waals surface area contributed by atoms with E-state index in [1.165, 1.54) is 30.5 Å². The molecule has 0 unspecified atom stereocenters. The third-order valence-electron chi connectivity index (χ3n) is 6.07. The highest BCUT2D eigenvalue weighted by molar-refractivity contribution is 7.11. The summed E-state index contributed by atoms with van der Waals surface area (Å²) in [5, 5.41) is 4.70. The summed E-state index contributed by atoms with van der Waals surface area (Å²) in [6.07, 6.45) is 6.84. The molecule has 0 radical (unpaired) electrons. The molecule has 1 aromatic heterocycles. The number of nitrogens with one attached hydrogen (secondary N) is 1. The number of aryl methyl sites for hydroxylation is 2. The molecule has 0 saturated carbocycles. The molecular formula is C23H28ClN3O3S. The van der Waals surface area contributed by atoms with Crippen molar-refractivity contribution in [1.29, 1.82) is 0 Å². The highest BCUT2D eigenvalue weighted by Crippen LogP contribution is 2.28. The van der Waals surface area contributed by atoms with Crippen molar-refractivity contribution in [2.75, 3.05) is 26.7 Å². The van der Waals surface area contributed by atoms with Gasteiger partial charge in [0.1, 0.15) is 5.75 Å². The number of aromatic nitrogens is 1. The lowest BCUT2D eigenvalue weighted by molar-refractivity contribution is -0.126. The van der Waals surface area contributed by atoms with Crippen LogP contribution < -0.4 is 10.1 Å². The number of hydrogen-bond donors (Lipinski definition) is 1. The van der Waals surface area contributed by atoms with Crippen molar-refractivity contribution < 1.29 is 14.3 Å². The summed E-state index contributed by atoms with van der Waals surface area (Å²) < 4.78 is 5.30. The molecule has 0 atom stereocenters. The average Bonchev–Trinajstić information content (AvgIpc) is 3.21.